The Morgan fingerprint density at radius 1 is 1.53 bits per heavy atom. The van der Waals surface area contributed by atoms with Crippen molar-refractivity contribution in [3.63, 3.8) is 0 Å². The number of rotatable bonds is 5. The number of aromatic nitrogens is 1. The van der Waals surface area contributed by atoms with Gasteiger partial charge in [-0.1, -0.05) is 6.07 Å². The average Bonchev–Trinajstić information content (AvgIpc) is 2.28. The topological polar surface area (TPSA) is 54.5 Å². The highest BCUT2D eigenvalue weighted by Gasteiger charge is 2.14. The minimum absolute atomic E-state index is 0.00797. The van der Waals surface area contributed by atoms with Crippen molar-refractivity contribution in [3.05, 3.63) is 18.2 Å². The number of nitrogens with zero attached hydrogens (tertiary/aromatic N) is 2. The molecule has 0 bridgehead atoms. The van der Waals surface area contributed by atoms with Gasteiger partial charge in [-0.25, -0.2) is 0 Å². The molecule has 1 rings (SSSR count). The van der Waals surface area contributed by atoms with Crippen LogP contribution in [0.15, 0.2) is 18.2 Å². The van der Waals surface area contributed by atoms with Crippen molar-refractivity contribution in [2.45, 2.75) is 19.9 Å². The highest BCUT2D eigenvalue weighted by Crippen LogP contribution is 2.12. The number of carbonyl (C=O) groups excluding carboxylic acids is 1. The van der Waals surface area contributed by atoms with Gasteiger partial charge in [-0.15, -0.1) is 0 Å². The van der Waals surface area contributed by atoms with Crippen LogP contribution in [0.25, 0.3) is 0 Å². The van der Waals surface area contributed by atoms with E-state index in [0.29, 0.717) is 18.3 Å². The Morgan fingerprint density at radius 3 is 2.82 bits per heavy atom. The van der Waals surface area contributed by atoms with E-state index in [1.165, 1.54) is 0 Å². The molecule has 0 fully saturated rings. The predicted molar refractivity (Wildman–Crippen MR) is 67.2 cm³/mol. The summed E-state index contributed by atoms with van der Waals surface area (Å²) in [6.45, 7) is 4.28. The Hall–Kier alpha value is -1.78. The maximum absolute atomic E-state index is 11.7. The van der Waals surface area contributed by atoms with Crippen LogP contribution in [0.5, 0.6) is 5.88 Å². The largest absolute Gasteiger partial charge is 0.478 e. The van der Waals surface area contributed by atoms with Crippen molar-refractivity contribution in [1.82, 2.24) is 9.88 Å². The summed E-state index contributed by atoms with van der Waals surface area (Å²) in [4.78, 5) is 17.4. The van der Waals surface area contributed by atoms with Crippen molar-refractivity contribution in [1.29, 1.82) is 0 Å². The molecule has 1 aromatic rings. The fourth-order valence-electron chi connectivity index (χ4n) is 1.39. The van der Waals surface area contributed by atoms with Gasteiger partial charge in [0.15, 0.2) is 0 Å². The number of pyridine rings is 1. The SMILES string of the molecule is CCOc1cccc(NC(C)C(=O)N(C)C)n1. The van der Waals surface area contributed by atoms with Crippen LogP contribution in [0.3, 0.4) is 0 Å². The summed E-state index contributed by atoms with van der Waals surface area (Å²) in [5.41, 5.74) is 0. The number of ether oxygens (including phenoxy) is 1. The van der Waals surface area contributed by atoms with E-state index in [-0.39, 0.29) is 11.9 Å². The van der Waals surface area contributed by atoms with Crippen LogP contribution >= 0.6 is 0 Å². The minimum Gasteiger partial charge on any atom is -0.478 e. The number of likely N-dealkylation sites (N-methyl/N-ethyl adjacent to an activating group) is 1. The molecule has 5 nitrogen and oxygen atoms in total. The molecule has 1 heterocycles. The number of hydrogen-bond donors (Lipinski definition) is 1. The average molecular weight is 237 g/mol. The zero-order valence-electron chi connectivity index (χ0n) is 10.7. The smallest absolute Gasteiger partial charge is 0.244 e. The van der Waals surface area contributed by atoms with Crippen molar-refractivity contribution >= 4 is 11.7 Å². The molecule has 17 heavy (non-hydrogen) atoms. The summed E-state index contributed by atoms with van der Waals surface area (Å²) < 4.78 is 5.29. The van der Waals surface area contributed by atoms with Crippen molar-refractivity contribution in [2.75, 3.05) is 26.0 Å². The van der Waals surface area contributed by atoms with Crippen LogP contribution in [0.4, 0.5) is 5.82 Å². The van der Waals surface area contributed by atoms with Gasteiger partial charge in [-0.05, 0) is 19.9 Å². The van der Waals surface area contributed by atoms with Gasteiger partial charge in [0.05, 0.1) is 6.61 Å². The lowest BCUT2D eigenvalue weighted by Gasteiger charge is -2.18. The lowest BCUT2D eigenvalue weighted by Crippen LogP contribution is -2.36. The Labute approximate surface area is 102 Å². The van der Waals surface area contributed by atoms with E-state index in [1.807, 2.05) is 19.1 Å². The molecule has 94 valence electrons. The van der Waals surface area contributed by atoms with Crippen molar-refractivity contribution in [2.24, 2.45) is 0 Å². The summed E-state index contributed by atoms with van der Waals surface area (Å²) >= 11 is 0. The Bertz CT molecular complexity index is 380. The van der Waals surface area contributed by atoms with E-state index in [4.69, 9.17) is 4.74 Å². The molecule has 0 saturated heterocycles. The van der Waals surface area contributed by atoms with Crippen LogP contribution in [-0.4, -0.2) is 42.5 Å². The van der Waals surface area contributed by atoms with Gasteiger partial charge in [-0.2, -0.15) is 4.98 Å². The zero-order chi connectivity index (χ0) is 12.8. The molecule has 1 N–H and O–H groups in total. The molecule has 0 aromatic carbocycles. The van der Waals surface area contributed by atoms with Crippen LogP contribution in [0, 0.1) is 0 Å². The van der Waals surface area contributed by atoms with Gasteiger partial charge in [0, 0.05) is 20.2 Å². The summed E-state index contributed by atoms with van der Waals surface area (Å²) in [7, 11) is 3.45. The molecule has 0 aliphatic carbocycles. The first-order chi connectivity index (χ1) is 8.04. The van der Waals surface area contributed by atoms with E-state index in [9.17, 15) is 4.79 Å². The first-order valence-electron chi connectivity index (χ1n) is 5.62. The molecule has 0 aliphatic rings. The fourth-order valence-corrected chi connectivity index (χ4v) is 1.39. The fraction of sp³-hybridized carbons (Fsp3) is 0.500. The quantitative estimate of drug-likeness (QED) is 0.840. The molecule has 0 aliphatic heterocycles. The Morgan fingerprint density at radius 2 is 2.24 bits per heavy atom. The Balaban J connectivity index is 2.68. The highest BCUT2D eigenvalue weighted by atomic mass is 16.5. The molecule has 5 heteroatoms. The molecule has 1 amide bonds. The first kappa shape index (κ1) is 13.3. The molecule has 0 spiro atoms. The Kier molecular flexibility index (Phi) is 4.75. The summed E-state index contributed by atoms with van der Waals surface area (Å²) in [6, 6.07) is 5.12. The summed E-state index contributed by atoms with van der Waals surface area (Å²) in [5, 5.41) is 3.04. The number of anilines is 1. The van der Waals surface area contributed by atoms with E-state index in [1.54, 1.807) is 32.0 Å². The molecule has 1 atom stereocenters. The van der Waals surface area contributed by atoms with Crippen molar-refractivity contribution < 1.29 is 9.53 Å². The molecular formula is C12H19N3O2. The lowest BCUT2D eigenvalue weighted by molar-refractivity contribution is -0.129. The van der Waals surface area contributed by atoms with Crippen LogP contribution in [0.2, 0.25) is 0 Å². The molecule has 1 unspecified atom stereocenters. The first-order valence-corrected chi connectivity index (χ1v) is 5.62. The summed E-state index contributed by atoms with van der Waals surface area (Å²) in [6.07, 6.45) is 0. The molecule has 1 aromatic heterocycles. The minimum atomic E-state index is -0.311. The van der Waals surface area contributed by atoms with Gasteiger partial charge in [-0.3, -0.25) is 4.79 Å². The second-order valence-corrected chi connectivity index (χ2v) is 3.89. The third-order valence-electron chi connectivity index (χ3n) is 2.19. The highest BCUT2D eigenvalue weighted by molar-refractivity contribution is 5.83. The predicted octanol–water partition coefficient (Wildman–Crippen LogP) is 1.37. The third-order valence-corrected chi connectivity index (χ3v) is 2.19. The van der Waals surface area contributed by atoms with Gasteiger partial charge in [0.25, 0.3) is 0 Å². The maximum Gasteiger partial charge on any atom is 0.244 e. The maximum atomic E-state index is 11.7. The second-order valence-electron chi connectivity index (χ2n) is 3.89. The van der Waals surface area contributed by atoms with Crippen LogP contribution in [-0.2, 0) is 4.79 Å². The third kappa shape index (κ3) is 3.94. The monoisotopic (exact) mass is 237 g/mol. The normalized spacial score (nSPS) is 11.8. The van der Waals surface area contributed by atoms with Crippen LogP contribution < -0.4 is 10.1 Å². The number of amides is 1. The molecule has 0 saturated carbocycles. The zero-order valence-corrected chi connectivity index (χ0v) is 10.7. The lowest BCUT2D eigenvalue weighted by atomic mass is 10.3. The van der Waals surface area contributed by atoms with Crippen LogP contribution in [0.1, 0.15) is 13.8 Å². The number of nitrogens with one attached hydrogen (secondary N) is 1. The standard InChI is InChI=1S/C12H19N3O2/c1-5-17-11-8-6-7-10(14-11)13-9(2)12(16)15(3)4/h6-9H,5H2,1-4H3,(H,13,14). The molecule has 0 radical (unpaired) electrons. The van der Waals surface area contributed by atoms with E-state index < -0.39 is 0 Å². The number of hydrogen-bond acceptors (Lipinski definition) is 4. The second kappa shape index (κ2) is 6.08. The van der Waals surface area contributed by atoms with E-state index in [2.05, 4.69) is 10.3 Å². The van der Waals surface area contributed by atoms with Gasteiger partial charge in [0.1, 0.15) is 11.9 Å². The summed E-state index contributed by atoms with van der Waals surface area (Å²) in [5.74, 6) is 1.20. The van der Waals surface area contributed by atoms with Gasteiger partial charge >= 0.3 is 0 Å². The van der Waals surface area contributed by atoms with Gasteiger partial charge < -0.3 is 15.0 Å². The van der Waals surface area contributed by atoms with Gasteiger partial charge in [0.2, 0.25) is 11.8 Å². The van der Waals surface area contributed by atoms with Crippen molar-refractivity contribution in [3.8, 4) is 5.88 Å². The number of carbonyl (C=O) groups is 1. The molecular weight excluding hydrogens is 218 g/mol. The van der Waals surface area contributed by atoms with E-state index >= 15 is 0 Å². The van der Waals surface area contributed by atoms with E-state index in [0.717, 1.165) is 0 Å².